The summed E-state index contributed by atoms with van der Waals surface area (Å²) in [6.45, 7) is 6.92. The lowest BCUT2D eigenvalue weighted by atomic mass is 10.1. The first-order valence-corrected chi connectivity index (χ1v) is 5.91. The van der Waals surface area contributed by atoms with Crippen molar-refractivity contribution in [3.05, 3.63) is 43.2 Å². The highest BCUT2D eigenvalue weighted by Crippen LogP contribution is 2.32. The van der Waals surface area contributed by atoms with Crippen LogP contribution in [0.5, 0.6) is 5.75 Å². The van der Waals surface area contributed by atoms with Gasteiger partial charge in [0.15, 0.2) is 0 Å². The van der Waals surface area contributed by atoms with Crippen LogP contribution in [0.3, 0.4) is 0 Å². The zero-order chi connectivity index (χ0) is 13.0. The van der Waals surface area contributed by atoms with Gasteiger partial charge in [-0.1, -0.05) is 18.2 Å². The van der Waals surface area contributed by atoms with Crippen molar-refractivity contribution < 1.29 is 4.74 Å². The number of aromatic nitrogens is 2. The van der Waals surface area contributed by atoms with E-state index in [2.05, 4.69) is 11.6 Å². The second kappa shape index (κ2) is 5.40. The fraction of sp³-hybridized carbons (Fsp3) is 0.214. The Kier molecular flexibility index (Phi) is 3.67. The van der Waals surface area contributed by atoms with Crippen molar-refractivity contribution in [3.63, 3.8) is 0 Å². The van der Waals surface area contributed by atoms with Crippen LogP contribution in [0.2, 0.25) is 0 Å². The number of rotatable bonds is 5. The van der Waals surface area contributed by atoms with Crippen molar-refractivity contribution >= 4 is 5.82 Å². The van der Waals surface area contributed by atoms with Crippen molar-refractivity contribution in [2.24, 2.45) is 0 Å². The predicted octanol–water partition coefficient (Wildman–Crippen LogP) is 2.72. The second-order valence-corrected chi connectivity index (χ2v) is 3.85. The Morgan fingerprint density at radius 3 is 2.94 bits per heavy atom. The first-order chi connectivity index (χ1) is 8.77. The molecule has 1 heterocycles. The minimum atomic E-state index is 0.615. The summed E-state index contributed by atoms with van der Waals surface area (Å²) < 4.78 is 7.44. The molecular weight excluding hydrogens is 226 g/mol. The van der Waals surface area contributed by atoms with E-state index in [4.69, 9.17) is 10.5 Å². The zero-order valence-electron chi connectivity index (χ0n) is 10.5. The summed E-state index contributed by atoms with van der Waals surface area (Å²) in [5.41, 5.74) is 7.75. The van der Waals surface area contributed by atoms with Crippen molar-refractivity contribution in [2.75, 3.05) is 12.3 Å². The van der Waals surface area contributed by atoms with E-state index in [1.165, 1.54) is 0 Å². The maximum absolute atomic E-state index is 6.08. The molecule has 4 nitrogen and oxygen atoms in total. The fourth-order valence-electron chi connectivity index (χ4n) is 1.83. The Labute approximate surface area is 107 Å². The lowest BCUT2D eigenvalue weighted by molar-refractivity contribution is 0.341. The molecule has 1 aromatic carbocycles. The quantitative estimate of drug-likeness (QED) is 0.821. The Balaban J connectivity index is 2.45. The van der Waals surface area contributed by atoms with E-state index < -0.39 is 0 Å². The van der Waals surface area contributed by atoms with Gasteiger partial charge in [0.2, 0.25) is 0 Å². The molecule has 0 fully saturated rings. The normalized spacial score (nSPS) is 10.3. The average molecular weight is 243 g/mol. The molecule has 4 heteroatoms. The summed E-state index contributed by atoms with van der Waals surface area (Å²) in [5.74, 6) is 1.43. The SMILES string of the molecule is C=CCn1cnc(-c2ccccc2OCC)c1N. The van der Waals surface area contributed by atoms with Crippen LogP contribution >= 0.6 is 0 Å². The van der Waals surface area contributed by atoms with Crippen molar-refractivity contribution in [2.45, 2.75) is 13.5 Å². The van der Waals surface area contributed by atoms with Gasteiger partial charge in [0.05, 0.1) is 12.9 Å². The van der Waals surface area contributed by atoms with Crippen LogP contribution < -0.4 is 10.5 Å². The number of nitrogen functional groups attached to an aromatic ring is 1. The van der Waals surface area contributed by atoms with E-state index in [1.54, 1.807) is 12.4 Å². The van der Waals surface area contributed by atoms with Crippen LogP contribution in [-0.4, -0.2) is 16.2 Å². The summed E-state index contributed by atoms with van der Waals surface area (Å²) in [7, 11) is 0. The third-order valence-electron chi connectivity index (χ3n) is 2.65. The minimum Gasteiger partial charge on any atom is -0.493 e. The number of nitrogens with zero attached hydrogens (tertiary/aromatic N) is 2. The van der Waals surface area contributed by atoms with Gasteiger partial charge < -0.3 is 15.0 Å². The summed E-state index contributed by atoms with van der Waals surface area (Å²) >= 11 is 0. The first kappa shape index (κ1) is 12.2. The van der Waals surface area contributed by atoms with Crippen LogP contribution in [0.1, 0.15) is 6.92 Å². The van der Waals surface area contributed by atoms with Crippen LogP contribution in [0, 0.1) is 0 Å². The Morgan fingerprint density at radius 2 is 2.22 bits per heavy atom. The van der Waals surface area contributed by atoms with Crippen molar-refractivity contribution in [3.8, 4) is 17.0 Å². The molecule has 2 rings (SSSR count). The van der Waals surface area contributed by atoms with Crippen molar-refractivity contribution in [1.82, 2.24) is 9.55 Å². The number of nitrogens with two attached hydrogens (primary N) is 1. The van der Waals surface area contributed by atoms with E-state index >= 15 is 0 Å². The van der Waals surface area contributed by atoms with E-state index in [0.717, 1.165) is 17.0 Å². The molecule has 0 radical (unpaired) electrons. The monoisotopic (exact) mass is 243 g/mol. The number of benzene rings is 1. The lowest BCUT2D eigenvalue weighted by Crippen LogP contribution is -2.01. The third-order valence-corrected chi connectivity index (χ3v) is 2.65. The Bertz CT molecular complexity index is 546. The van der Waals surface area contributed by atoms with Gasteiger partial charge in [-0.25, -0.2) is 4.98 Å². The smallest absolute Gasteiger partial charge is 0.131 e. The first-order valence-electron chi connectivity index (χ1n) is 5.91. The number of hydrogen-bond donors (Lipinski definition) is 1. The van der Waals surface area contributed by atoms with Crippen LogP contribution in [0.4, 0.5) is 5.82 Å². The Morgan fingerprint density at radius 1 is 1.44 bits per heavy atom. The number of ether oxygens (including phenoxy) is 1. The highest BCUT2D eigenvalue weighted by molar-refractivity contribution is 5.75. The zero-order valence-corrected chi connectivity index (χ0v) is 10.5. The highest BCUT2D eigenvalue weighted by atomic mass is 16.5. The highest BCUT2D eigenvalue weighted by Gasteiger charge is 2.13. The molecule has 0 spiro atoms. The van der Waals surface area contributed by atoms with Gasteiger partial charge in [0.1, 0.15) is 17.3 Å². The molecule has 0 aliphatic rings. The molecule has 0 atom stereocenters. The summed E-state index contributed by atoms with van der Waals surface area (Å²) in [4.78, 5) is 4.36. The molecular formula is C14H17N3O. The molecule has 0 saturated heterocycles. The number of hydrogen-bond acceptors (Lipinski definition) is 3. The van der Waals surface area contributed by atoms with Gasteiger partial charge in [-0.05, 0) is 19.1 Å². The number of imidazole rings is 1. The van der Waals surface area contributed by atoms with E-state index in [9.17, 15) is 0 Å². The maximum atomic E-state index is 6.08. The average Bonchev–Trinajstić information content (AvgIpc) is 2.73. The number of allylic oxidation sites excluding steroid dienone is 1. The Hall–Kier alpha value is -2.23. The molecule has 1 aromatic heterocycles. The van der Waals surface area contributed by atoms with Crippen LogP contribution in [-0.2, 0) is 6.54 Å². The molecule has 2 aromatic rings. The van der Waals surface area contributed by atoms with Crippen molar-refractivity contribution in [1.29, 1.82) is 0 Å². The molecule has 0 saturated carbocycles. The van der Waals surface area contributed by atoms with Gasteiger partial charge >= 0.3 is 0 Å². The lowest BCUT2D eigenvalue weighted by Gasteiger charge is -2.09. The molecule has 0 aliphatic carbocycles. The van der Waals surface area contributed by atoms with Crippen LogP contribution in [0.15, 0.2) is 43.2 Å². The molecule has 94 valence electrons. The van der Waals surface area contributed by atoms with E-state index in [0.29, 0.717) is 19.0 Å². The van der Waals surface area contributed by atoms with Gasteiger partial charge in [0.25, 0.3) is 0 Å². The second-order valence-electron chi connectivity index (χ2n) is 3.85. The third kappa shape index (κ3) is 2.22. The number of para-hydroxylation sites is 1. The maximum Gasteiger partial charge on any atom is 0.131 e. The van der Waals surface area contributed by atoms with Gasteiger partial charge in [-0.15, -0.1) is 6.58 Å². The predicted molar refractivity (Wildman–Crippen MR) is 73.4 cm³/mol. The van der Waals surface area contributed by atoms with Gasteiger partial charge in [0, 0.05) is 12.1 Å². The summed E-state index contributed by atoms with van der Waals surface area (Å²) in [6, 6.07) is 7.77. The molecule has 18 heavy (non-hydrogen) atoms. The van der Waals surface area contributed by atoms with E-state index in [-0.39, 0.29) is 0 Å². The van der Waals surface area contributed by atoms with Gasteiger partial charge in [-0.2, -0.15) is 0 Å². The molecule has 2 N–H and O–H groups in total. The molecule has 0 bridgehead atoms. The summed E-state index contributed by atoms with van der Waals surface area (Å²) in [6.07, 6.45) is 3.51. The van der Waals surface area contributed by atoms with Crippen LogP contribution in [0.25, 0.3) is 11.3 Å². The number of anilines is 1. The fourth-order valence-corrected chi connectivity index (χ4v) is 1.83. The largest absolute Gasteiger partial charge is 0.493 e. The minimum absolute atomic E-state index is 0.615. The topological polar surface area (TPSA) is 53.1 Å². The molecule has 0 unspecified atom stereocenters. The standard InChI is InChI=1S/C14H17N3O/c1-3-9-17-10-16-13(14(17)15)11-7-5-6-8-12(11)18-4-2/h3,5-8,10H,1,4,9,15H2,2H3. The van der Waals surface area contributed by atoms with Gasteiger partial charge in [-0.3, -0.25) is 0 Å². The van der Waals surface area contributed by atoms with E-state index in [1.807, 2.05) is 35.8 Å². The summed E-state index contributed by atoms with van der Waals surface area (Å²) in [5, 5.41) is 0. The molecule has 0 aliphatic heterocycles. The molecule has 0 amide bonds.